The molecule has 1 aromatic heterocycles. The highest BCUT2D eigenvalue weighted by molar-refractivity contribution is 7.16. The quantitative estimate of drug-likeness (QED) is 0.297. The highest BCUT2D eigenvalue weighted by atomic mass is 32.1. The predicted molar refractivity (Wildman–Crippen MR) is 138 cm³/mol. The minimum Gasteiger partial charge on any atom is -0.466 e. The summed E-state index contributed by atoms with van der Waals surface area (Å²) in [4.78, 5) is 46.6. The van der Waals surface area contributed by atoms with Gasteiger partial charge >= 0.3 is 5.97 Å². The molecular formula is C26H31N5O4S. The number of amides is 2. The topological polar surface area (TPSA) is 115 Å². The second-order valence-electron chi connectivity index (χ2n) is 8.41. The van der Waals surface area contributed by atoms with Crippen LogP contribution in [0.1, 0.15) is 63.1 Å². The average Bonchev–Trinajstić information content (AvgIpc) is 3.32. The Labute approximate surface area is 215 Å². The molecular weight excluding hydrogens is 478 g/mol. The summed E-state index contributed by atoms with van der Waals surface area (Å²) in [5.74, 6) is -1.05. The molecule has 3 rings (SSSR count). The van der Waals surface area contributed by atoms with Crippen LogP contribution < -0.4 is 5.32 Å². The van der Waals surface area contributed by atoms with Crippen molar-refractivity contribution in [2.24, 2.45) is 4.99 Å². The molecule has 0 bridgehead atoms. The molecule has 190 valence electrons. The SMILES string of the molecule is CCOC(=O)CCNC(=O)c1cc(N=CN2CCCCC2)c(C(=O)N(C)Cc2ccccc2C#N)s1. The Bertz CT molecular complexity index is 1150. The lowest BCUT2D eigenvalue weighted by Crippen LogP contribution is -2.28. The van der Waals surface area contributed by atoms with E-state index in [0.717, 1.165) is 42.8 Å². The summed E-state index contributed by atoms with van der Waals surface area (Å²) in [7, 11) is 1.66. The number of hydrogen-bond acceptors (Lipinski definition) is 7. The van der Waals surface area contributed by atoms with E-state index in [9.17, 15) is 19.6 Å². The van der Waals surface area contributed by atoms with Gasteiger partial charge in [-0.2, -0.15) is 5.26 Å². The van der Waals surface area contributed by atoms with E-state index >= 15 is 0 Å². The molecule has 0 aliphatic carbocycles. The van der Waals surface area contributed by atoms with E-state index in [0.29, 0.717) is 21.0 Å². The van der Waals surface area contributed by atoms with Crippen LogP contribution in [0, 0.1) is 11.3 Å². The van der Waals surface area contributed by atoms with Crippen LogP contribution in [0.15, 0.2) is 35.3 Å². The highest BCUT2D eigenvalue weighted by Crippen LogP contribution is 2.31. The van der Waals surface area contributed by atoms with Gasteiger partial charge < -0.3 is 19.9 Å². The average molecular weight is 510 g/mol. The third-order valence-electron chi connectivity index (χ3n) is 5.69. The van der Waals surface area contributed by atoms with E-state index in [1.165, 1.54) is 11.3 Å². The second-order valence-corrected chi connectivity index (χ2v) is 9.46. The molecule has 36 heavy (non-hydrogen) atoms. The second kappa shape index (κ2) is 13.4. The number of ether oxygens (including phenoxy) is 1. The van der Waals surface area contributed by atoms with Gasteiger partial charge in [-0.1, -0.05) is 18.2 Å². The van der Waals surface area contributed by atoms with Gasteiger partial charge in [0.25, 0.3) is 11.8 Å². The summed E-state index contributed by atoms with van der Waals surface area (Å²) in [5.41, 5.74) is 1.67. The van der Waals surface area contributed by atoms with E-state index in [-0.39, 0.29) is 43.9 Å². The van der Waals surface area contributed by atoms with Crippen molar-refractivity contribution in [3.63, 3.8) is 0 Å². The summed E-state index contributed by atoms with van der Waals surface area (Å²) in [6.07, 6.45) is 5.19. The summed E-state index contributed by atoms with van der Waals surface area (Å²) in [6.45, 7) is 4.20. The van der Waals surface area contributed by atoms with Crippen LogP contribution in [0.25, 0.3) is 0 Å². The first kappa shape index (κ1) is 26.9. The van der Waals surface area contributed by atoms with Crippen LogP contribution in [0.5, 0.6) is 0 Å². The molecule has 1 N–H and O–H groups in total. The Hall–Kier alpha value is -3.71. The fraction of sp³-hybridized carbons (Fsp3) is 0.423. The number of hydrogen-bond donors (Lipinski definition) is 1. The Morgan fingerprint density at radius 2 is 2.00 bits per heavy atom. The molecule has 1 aliphatic rings. The van der Waals surface area contributed by atoms with Gasteiger partial charge in [0.1, 0.15) is 4.88 Å². The van der Waals surface area contributed by atoms with Gasteiger partial charge in [-0.3, -0.25) is 14.4 Å². The highest BCUT2D eigenvalue weighted by Gasteiger charge is 2.23. The molecule has 0 spiro atoms. The van der Waals surface area contributed by atoms with Crippen molar-refractivity contribution in [3.8, 4) is 6.07 Å². The number of thiophene rings is 1. The van der Waals surface area contributed by atoms with Gasteiger partial charge in [0, 0.05) is 33.2 Å². The molecule has 1 aliphatic heterocycles. The van der Waals surface area contributed by atoms with E-state index in [1.54, 1.807) is 38.5 Å². The monoisotopic (exact) mass is 509 g/mol. The normalized spacial score (nSPS) is 13.3. The number of carbonyl (C=O) groups is 3. The van der Waals surface area contributed by atoms with Crippen molar-refractivity contribution in [3.05, 3.63) is 51.2 Å². The van der Waals surface area contributed by atoms with Crippen molar-refractivity contribution in [2.45, 2.75) is 39.2 Å². The lowest BCUT2D eigenvalue weighted by atomic mass is 10.1. The first-order valence-electron chi connectivity index (χ1n) is 12.0. The number of carbonyl (C=O) groups excluding carboxylic acids is 3. The van der Waals surface area contributed by atoms with Gasteiger partial charge in [0.05, 0.1) is 41.6 Å². The van der Waals surface area contributed by atoms with Crippen LogP contribution in [-0.2, 0) is 16.1 Å². The molecule has 2 aromatic rings. The maximum atomic E-state index is 13.4. The van der Waals surface area contributed by atoms with Crippen LogP contribution in [0.2, 0.25) is 0 Å². The maximum Gasteiger partial charge on any atom is 0.307 e. The summed E-state index contributed by atoms with van der Waals surface area (Å²) in [6, 6.07) is 10.9. The molecule has 9 nitrogen and oxygen atoms in total. The molecule has 1 saturated heterocycles. The van der Waals surface area contributed by atoms with Crippen molar-refractivity contribution < 1.29 is 19.1 Å². The first-order valence-corrected chi connectivity index (χ1v) is 12.8. The summed E-state index contributed by atoms with van der Waals surface area (Å²) >= 11 is 1.06. The zero-order valence-electron chi connectivity index (χ0n) is 20.7. The zero-order valence-corrected chi connectivity index (χ0v) is 21.5. The molecule has 10 heteroatoms. The summed E-state index contributed by atoms with van der Waals surface area (Å²) in [5, 5.41) is 12.1. The van der Waals surface area contributed by atoms with Crippen LogP contribution >= 0.6 is 11.3 Å². The van der Waals surface area contributed by atoms with Crippen LogP contribution in [-0.4, -0.2) is 67.2 Å². The number of benzene rings is 1. The lowest BCUT2D eigenvalue weighted by molar-refractivity contribution is -0.142. The molecule has 2 heterocycles. The number of nitrogens with zero attached hydrogens (tertiary/aromatic N) is 4. The van der Waals surface area contributed by atoms with Crippen molar-refractivity contribution in [1.29, 1.82) is 5.26 Å². The molecule has 2 amide bonds. The first-order chi connectivity index (χ1) is 17.4. The van der Waals surface area contributed by atoms with Crippen molar-refractivity contribution >= 4 is 41.1 Å². The Kier molecular flexibility index (Phi) is 10.0. The maximum absolute atomic E-state index is 13.4. The molecule has 0 unspecified atom stereocenters. The lowest BCUT2D eigenvalue weighted by Gasteiger charge is -2.23. The molecule has 0 saturated carbocycles. The van der Waals surface area contributed by atoms with E-state index < -0.39 is 0 Å². The number of nitriles is 1. The van der Waals surface area contributed by atoms with Crippen LogP contribution in [0.3, 0.4) is 0 Å². The number of nitrogens with one attached hydrogen (secondary N) is 1. The largest absolute Gasteiger partial charge is 0.466 e. The fourth-order valence-corrected chi connectivity index (χ4v) is 4.80. The van der Waals surface area contributed by atoms with Crippen molar-refractivity contribution in [2.75, 3.05) is 33.3 Å². The molecule has 0 atom stereocenters. The standard InChI is InChI=1S/C26H31N5O4S/c1-3-35-23(32)11-12-28-25(33)22-15-21(29-18-31-13-7-4-8-14-31)24(36-22)26(34)30(2)17-20-10-6-5-9-19(20)16-27/h5-6,9-10,15,18H,3-4,7-8,11-14,17H2,1-2H3,(H,28,33). The Morgan fingerprint density at radius 1 is 1.25 bits per heavy atom. The fourth-order valence-electron chi connectivity index (χ4n) is 3.79. The van der Waals surface area contributed by atoms with Gasteiger partial charge in [0.15, 0.2) is 0 Å². The third kappa shape index (κ3) is 7.39. The predicted octanol–water partition coefficient (Wildman–Crippen LogP) is 3.72. The minimum absolute atomic E-state index is 0.0672. The van der Waals surface area contributed by atoms with E-state index in [1.807, 2.05) is 12.1 Å². The van der Waals surface area contributed by atoms with E-state index in [2.05, 4.69) is 21.3 Å². The summed E-state index contributed by atoms with van der Waals surface area (Å²) < 4.78 is 4.88. The molecule has 1 aromatic carbocycles. The van der Waals surface area contributed by atoms with Gasteiger partial charge in [-0.25, -0.2) is 4.99 Å². The third-order valence-corrected chi connectivity index (χ3v) is 6.80. The Balaban J connectivity index is 1.79. The molecule has 1 fully saturated rings. The number of esters is 1. The number of piperidine rings is 1. The smallest absolute Gasteiger partial charge is 0.307 e. The minimum atomic E-state index is -0.383. The zero-order chi connectivity index (χ0) is 25.9. The van der Waals surface area contributed by atoms with Gasteiger partial charge in [-0.05, 0) is 43.9 Å². The van der Waals surface area contributed by atoms with E-state index in [4.69, 9.17) is 4.74 Å². The van der Waals surface area contributed by atoms with Gasteiger partial charge in [0.2, 0.25) is 0 Å². The number of rotatable bonds is 10. The number of likely N-dealkylation sites (tertiary alicyclic amines) is 1. The Morgan fingerprint density at radius 3 is 2.72 bits per heavy atom. The molecule has 0 radical (unpaired) electrons. The van der Waals surface area contributed by atoms with Gasteiger partial charge in [-0.15, -0.1) is 11.3 Å². The van der Waals surface area contributed by atoms with Crippen molar-refractivity contribution in [1.82, 2.24) is 15.1 Å². The van der Waals surface area contributed by atoms with Crippen LogP contribution in [0.4, 0.5) is 5.69 Å². The number of aliphatic imine (C=N–C) groups is 1.